The summed E-state index contributed by atoms with van der Waals surface area (Å²) in [6, 6.07) is 21.5. The fourth-order valence-electron chi connectivity index (χ4n) is 4.09. The Labute approximate surface area is 268 Å². The minimum absolute atomic E-state index is 0.0502. The summed E-state index contributed by atoms with van der Waals surface area (Å²) in [6.45, 7) is 17.1. The second-order valence-electron chi connectivity index (χ2n) is 11.6. The van der Waals surface area contributed by atoms with Crippen LogP contribution in [-0.4, -0.2) is 17.1 Å². The van der Waals surface area contributed by atoms with Gasteiger partial charge in [0.05, 0.1) is 25.2 Å². The molecule has 0 fully saturated rings. The summed E-state index contributed by atoms with van der Waals surface area (Å²) in [4.78, 5) is 8.89. The Morgan fingerprint density at radius 1 is 0.889 bits per heavy atom. The van der Waals surface area contributed by atoms with Crippen LogP contribution >= 0.6 is 0 Å². The van der Waals surface area contributed by atoms with E-state index in [9.17, 15) is 0 Å². The number of hydrogen-bond donors (Lipinski definition) is 3. The zero-order chi connectivity index (χ0) is 32.8. The van der Waals surface area contributed by atoms with Crippen molar-refractivity contribution in [3.05, 3.63) is 150 Å². The zero-order valence-corrected chi connectivity index (χ0v) is 27.5. The predicted molar refractivity (Wildman–Crippen MR) is 185 cm³/mol. The molecule has 3 aromatic rings. The van der Waals surface area contributed by atoms with Crippen LogP contribution in [0.1, 0.15) is 52.7 Å². The lowest BCUT2D eigenvalue weighted by molar-refractivity contribution is 0.293. The molecule has 0 aliphatic rings. The van der Waals surface area contributed by atoms with Crippen LogP contribution in [0, 0.1) is 5.41 Å². The van der Waals surface area contributed by atoms with Crippen molar-refractivity contribution >= 4 is 11.7 Å². The molecular weight excluding hydrogens is 560 g/mol. The van der Waals surface area contributed by atoms with Crippen LogP contribution in [0.5, 0.6) is 5.88 Å². The van der Waals surface area contributed by atoms with Crippen LogP contribution in [0.25, 0.3) is 5.76 Å². The van der Waals surface area contributed by atoms with Crippen molar-refractivity contribution in [1.29, 1.82) is 0 Å². The SMILES string of the molecule is C=C(N/C(C)=C/C=C(/Oc1ccnc(N(N)Cc2ccccc2)n1)c1ccccc1)N/C(C)=C/C(=C\C=C(/C)OC)C(C)(C)C. The third kappa shape index (κ3) is 11.8. The zero-order valence-electron chi connectivity index (χ0n) is 27.5. The van der Waals surface area contributed by atoms with Crippen molar-refractivity contribution in [3.63, 3.8) is 0 Å². The highest BCUT2D eigenvalue weighted by Gasteiger charge is 2.15. The molecule has 0 bridgehead atoms. The molecule has 0 amide bonds. The van der Waals surface area contributed by atoms with Gasteiger partial charge in [-0.2, -0.15) is 4.98 Å². The highest BCUT2D eigenvalue weighted by Crippen LogP contribution is 2.27. The number of nitrogens with one attached hydrogen (secondary N) is 2. The maximum Gasteiger partial charge on any atom is 0.243 e. The first-order valence-electron chi connectivity index (χ1n) is 14.8. The van der Waals surface area contributed by atoms with Crippen molar-refractivity contribution in [2.75, 3.05) is 12.1 Å². The van der Waals surface area contributed by atoms with E-state index in [1.165, 1.54) is 5.01 Å². The fraction of sp³-hybridized carbons (Fsp3) is 0.243. The summed E-state index contributed by atoms with van der Waals surface area (Å²) >= 11 is 0. The molecular formula is C37H46N6O2. The minimum atomic E-state index is -0.0502. The van der Waals surface area contributed by atoms with E-state index in [2.05, 4.69) is 60.1 Å². The molecule has 8 nitrogen and oxygen atoms in total. The number of rotatable bonds is 14. The lowest BCUT2D eigenvalue weighted by atomic mass is 9.85. The molecule has 4 N–H and O–H groups in total. The smallest absolute Gasteiger partial charge is 0.243 e. The monoisotopic (exact) mass is 606 g/mol. The van der Waals surface area contributed by atoms with Gasteiger partial charge in [0.25, 0.3) is 0 Å². The number of nitrogens with two attached hydrogens (primary N) is 1. The van der Waals surface area contributed by atoms with E-state index < -0.39 is 0 Å². The number of benzene rings is 2. The van der Waals surface area contributed by atoms with Gasteiger partial charge in [-0.05, 0) is 61.6 Å². The summed E-state index contributed by atoms with van der Waals surface area (Å²) < 4.78 is 11.6. The van der Waals surface area contributed by atoms with E-state index in [-0.39, 0.29) is 5.41 Å². The topological polar surface area (TPSA) is 97.6 Å². The Morgan fingerprint density at radius 2 is 1.53 bits per heavy atom. The fourth-order valence-corrected chi connectivity index (χ4v) is 4.09. The highest BCUT2D eigenvalue weighted by atomic mass is 16.5. The Bertz CT molecular complexity index is 1570. The number of ether oxygens (including phenoxy) is 2. The molecule has 0 aliphatic carbocycles. The Hall–Kier alpha value is -5.08. The summed E-state index contributed by atoms with van der Waals surface area (Å²) in [6.07, 6.45) is 11.6. The Balaban J connectivity index is 1.75. The third-order valence-corrected chi connectivity index (χ3v) is 6.58. The van der Waals surface area contributed by atoms with Gasteiger partial charge in [-0.25, -0.2) is 10.8 Å². The molecule has 0 atom stereocenters. The molecule has 0 aliphatic heterocycles. The average Bonchev–Trinajstić information content (AvgIpc) is 3.01. The van der Waals surface area contributed by atoms with Crippen LogP contribution < -0.4 is 26.2 Å². The molecule has 8 heteroatoms. The minimum Gasteiger partial charge on any atom is -0.501 e. The van der Waals surface area contributed by atoms with Gasteiger partial charge in [-0.3, -0.25) is 5.01 Å². The summed E-state index contributed by atoms with van der Waals surface area (Å²) in [7, 11) is 1.67. The molecule has 2 aromatic carbocycles. The van der Waals surface area contributed by atoms with E-state index >= 15 is 0 Å². The number of aromatic nitrogens is 2. The largest absolute Gasteiger partial charge is 0.501 e. The Morgan fingerprint density at radius 3 is 2.18 bits per heavy atom. The first kappa shape index (κ1) is 34.4. The quantitative estimate of drug-likeness (QED) is 0.0742. The maximum atomic E-state index is 6.29. The molecule has 3 rings (SSSR count). The second-order valence-corrected chi connectivity index (χ2v) is 11.6. The van der Waals surface area contributed by atoms with Gasteiger partial charge >= 0.3 is 0 Å². The van der Waals surface area contributed by atoms with E-state index in [0.29, 0.717) is 30.0 Å². The van der Waals surface area contributed by atoms with Crippen LogP contribution in [0.2, 0.25) is 0 Å². The van der Waals surface area contributed by atoms with Crippen molar-refractivity contribution < 1.29 is 9.47 Å². The Kier molecular flexibility index (Phi) is 12.8. The highest BCUT2D eigenvalue weighted by molar-refractivity contribution is 5.63. The van der Waals surface area contributed by atoms with Crippen LogP contribution in [0.15, 0.2) is 138 Å². The van der Waals surface area contributed by atoms with Crippen LogP contribution in [0.4, 0.5) is 5.95 Å². The predicted octanol–water partition coefficient (Wildman–Crippen LogP) is 7.76. The molecule has 1 heterocycles. The molecule has 0 radical (unpaired) electrons. The standard InChI is InChI=1S/C37H46N6O2/c1-27(40-30(4)41-28(2)25-33(37(5,6)7)21-20-29(3)44-8)19-22-34(32-17-13-10-14-18-32)45-35-23-24-39-36(42-35)43(38)26-31-15-11-9-12-16-31/h9-25,40-41H,4,26,38H2,1-3,5-8H3/b27-19+,28-25+,29-20+,33-21+,34-22+. The van der Waals surface area contributed by atoms with Gasteiger partial charge in [0.1, 0.15) is 5.76 Å². The number of allylic oxidation sites excluding steroid dienone is 9. The number of hydrogen-bond acceptors (Lipinski definition) is 8. The normalized spacial score (nSPS) is 13.3. The number of nitrogens with zero attached hydrogens (tertiary/aromatic N) is 3. The van der Waals surface area contributed by atoms with E-state index in [1.807, 2.05) is 99.7 Å². The van der Waals surface area contributed by atoms with Gasteiger partial charge in [0.15, 0.2) is 0 Å². The molecule has 1 aromatic heterocycles. The molecule has 0 saturated heterocycles. The molecule has 0 unspecified atom stereocenters. The summed E-state index contributed by atoms with van der Waals surface area (Å²) in [5, 5.41) is 8.15. The van der Waals surface area contributed by atoms with Gasteiger partial charge in [0.2, 0.25) is 11.8 Å². The summed E-state index contributed by atoms with van der Waals surface area (Å²) in [5.41, 5.74) is 4.87. The molecule has 45 heavy (non-hydrogen) atoms. The van der Waals surface area contributed by atoms with E-state index in [1.54, 1.807) is 19.4 Å². The lowest BCUT2D eigenvalue weighted by Crippen LogP contribution is -2.31. The average molecular weight is 607 g/mol. The number of anilines is 1. The molecule has 0 saturated carbocycles. The lowest BCUT2D eigenvalue weighted by Gasteiger charge is -2.22. The van der Waals surface area contributed by atoms with Crippen LogP contribution in [0.3, 0.4) is 0 Å². The molecule has 0 spiro atoms. The number of methoxy groups -OCH3 is 1. The number of hydrazine groups is 1. The van der Waals surface area contributed by atoms with Crippen molar-refractivity contribution in [1.82, 2.24) is 20.6 Å². The summed E-state index contributed by atoms with van der Waals surface area (Å²) in [5.74, 6) is 9.13. The van der Waals surface area contributed by atoms with Crippen molar-refractivity contribution in [2.45, 2.75) is 48.1 Å². The first-order valence-corrected chi connectivity index (χ1v) is 14.8. The first-order chi connectivity index (χ1) is 21.4. The van der Waals surface area contributed by atoms with Crippen LogP contribution in [-0.2, 0) is 11.3 Å². The van der Waals surface area contributed by atoms with Crippen molar-refractivity contribution in [3.8, 4) is 5.88 Å². The molecule has 236 valence electrons. The maximum absolute atomic E-state index is 6.29. The van der Waals surface area contributed by atoms with Crippen molar-refractivity contribution in [2.24, 2.45) is 11.3 Å². The van der Waals surface area contributed by atoms with Gasteiger partial charge in [0, 0.05) is 29.2 Å². The van der Waals surface area contributed by atoms with E-state index in [0.717, 1.165) is 33.9 Å². The third-order valence-electron chi connectivity index (χ3n) is 6.58. The second kappa shape index (κ2) is 16.7. The van der Waals surface area contributed by atoms with Gasteiger partial charge in [-0.1, -0.05) is 94.1 Å². The van der Waals surface area contributed by atoms with E-state index in [4.69, 9.17) is 15.3 Å². The van der Waals surface area contributed by atoms with Gasteiger partial charge < -0.3 is 20.1 Å². The van der Waals surface area contributed by atoms with Gasteiger partial charge in [-0.15, -0.1) is 0 Å².